The Morgan fingerprint density at radius 1 is 1.43 bits per heavy atom. The number of hydrogen-bond acceptors (Lipinski definition) is 2. The molecule has 0 fully saturated rings. The van der Waals surface area contributed by atoms with Crippen LogP contribution in [0.2, 0.25) is 0 Å². The van der Waals surface area contributed by atoms with E-state index in [1.54, 1.807) is 0 Å². The number of carbonyl (C=O) groups is 1. The van der Waals surface area contributed by atoms with Crippen molar-refractivity contribution in [3.63, 3.8) is 0 Å². The Labute approximate surface area is 80.4 Å². The van der Waals surface area contributed by atoms with Gasteiger partial charge in [0.05, 0.1) is 0 Å². The minimum atomic E-state index is -0.973. The van der Waals surface area contributed by atoms with Crippen LogP contribution in [-0.2, 0) is 24.2 Å². The van der Waals surface area contributed by atoms with Crippen LogP contribution in [0.5, 0.6) is 0 Å². The smallest absolute Gasteiger partial charge is 0.326 e. The molecule has 1 aromatic heterocycles. The number of nitrogens with zero attached hydrogens (tertiary/aromatic N) is 1. The molecular weight excluding hydrogens is 184 g/mol. The zero-order valence-corrected chi connectivity index (χ0v) is 7.75. The lowest BCUT2D eigenvalue weighted by atomic mass is 10.0. The molecule has 0 spiro atoms. The van der Waals surface area contributed by atoms with Gasteiger partial charge in [0, 0.05) is 11.4 Å². The van der Waals surface area contributed by atoms with Gasteiger partial charge in [0.25, 0.3) is 0 Å². The van der Waals surface area contributed by atoms with E-state index >= 15 is 0 Å². The van der Waals surface area contributed by atoms with Crippen molar-refractivity contribution in [1.29, 1.82) is 0 Å². The van der Waals surface area contributed by atoms with Crippen molar-refractivity contribution in [2.24, 2.45) is 0 Å². The second-order valence-electron chi connectivity index (χ2n) is 3.54. The Balaban J connectivity index is 2.42. The van der Waals surface area contributed by atoms with Crippen LogP contribution < -0.4 is 5.69 Å². The number of nitrogens with one attached hydrogen (secondary N) is 1. The molecule has 0 unspecified atom stereocenters. The maximum Gasteiger partial charge on any atom is 0.326 e. The number of carboxylic acids is 1. The van der Waals surface area contributed by atoms with Crippen molar-refractivity contribution in [1.82, 2.24) is 9.55 Å². The lowest BCUT2D eigenvalue weighted by molar-refractivity contribution is -0.137. The molecule has 0 saturated heterocycles. The molecule has 1 aliphatic carbocycles. The molecule has 0 bridgehead atoms. The van der Waals surface area contributed by atoms with Gasteiger partial charge in [-0.3, -0.25) is 9.36 Å². The van der Waals surface area contributed by atoms with E-state index in [2.05, 4.69) is 4.98 Å². The van der Waals surface area contributed by atoms with Gasteiger partial charge in [-0.25, -0.2) is 4.79 Å². The molecule has 2 N–H and O–H groups in total. The number of imidazole rings is 1. The number of aryl methyl sites for hydroxylation is 1. The van der Waals surface area contributed by atoms with Crippen LogP contribution in [0, 0.1) is 0 Å². The summed E-state index contributed by atoms with van der Waals surface area (Å²) in [5.74, 6) is -0.973. The van der Waals surface area contributed by atoms with Crippen LogP contribution in [0.1, 0.15) is 24.2 Å². The fourth-order valence-electron chi connectivity index (χ4n) is 1.94. The topological polar surface area (TPSA) is 75.1 Å². The van der Waals surface area contributed by atoms with E-state index in [-0.39, 0.29) is 12.2 Å². The van der Waals surface area contributed by atoms with Crippen LogP contribution in [0.25, 0.3) is 0 Å². The van der Waals surface area contributed by atoms with E-state index in [1.807, 2.05) is 0 Å². The van der Waals surface area contributed by atoms with Crippen LogP contribution in [-0.4, -0.2) is 20.6 Å². The summed E-state index contributed by atoms with van der Waals surface area (Å²) < 4.78 is 1.33. The van der Waals surface area contributed by atoms with Crippen molar-refractivity contribution >= 4 is 5.97 Å². The Morgan fingerprint density at radius 2 is 2.14 bits per heavy atom. The number of H-pyrrole nitrogens is 1. The molecule has 0 amide bonds. The van der Waals surface area contributed by atoms with Crippen LogP contribution >= 0.6 is 0 Å². The van der Waals surface area contributed by atoms with Gasteiger partial charge < -0.3 is 10.1 Å². The second kappa shape index (κ2) is 3.32. The Bertz CT molecular complexity index is 416. The number of aliphatic carboxylic acids is 1. The van der Waals surface area contributed by atoms with Crippen molar-refractivity contribution in [3.05, 3.63) is 21.9 Å². The third kappa shape index (κ3) is 1.45. The first-order valence-electron chi connectivity index (χ1n) is 4.71. The fourth-order valence-corrected chi connectivity index (χ4v) is 1.94. The summed E-state index contributed by atoms with van der Waals surface area (Å²) in [5, 5.41) is 8.64. The zero-order valence-electron chi connectivity index (χ0n) is 7.75. The first-order valence-corrected chi connectivity index (χ1v) is 4.71. The van der Waals surface area contributed by atoms with Gasteiger partial charge in [-0.15, -0.1) is 0 Å². The molecule has 5 heteroatoms. The third-order valence-electron chi connectivity index (χ3n) is 2.56. The lowest BCUT2D eigenvalue weighted by Gasteiger charge is -2.12. The van der Waals surface area contributed by atoms with Gasteiger partial charge in [-0.2, -0.15) is 0 Å². The monoisotopic (exact) mass is 196 g/mol. The van der Waals surface area contributed by atoms with Crippen LogP contribution in [0.15, 0.2) is 4.79 Å². The summed E-state index contributed by atoms with van der Waals surface area (Å²) in [6.07, 6.45) is 3.77. The molecule has 14 heavy (non-hydrogen) atoms. The number of fused-ring (bicyclic) bond motifs is 1. The maximum atomic E-state index is 11.4. The SMILES string of the molecule is O=C(O)Cn1c2c([nH]c1=O)CCCC2. The van der Waals surface area contributed by atoms with E-state index in [0.29, 0.717) is 0 Å². The summed E-state index contributed by atoms with van der Waals surface area (Å²) in [6, 6.07) is 0. The van der Waals surface area contributed by atoms with Crippen LogP contribution in [0.3, 0.4) is 0 Å². The van der Waals surface area contributed by atoms with Crippen molar-refractivity contribution in [2.45, 2.75) is 32.2 Å². The highest BCUT2D eigenvalue weighted by Crippen LogP contribution is 2.17. The zero-order chi connectivity index (χ0) is 10.1. The number of carboxylic acid groups (broad SMARTS) is 1. The van der Waals surface area contributed by atoms with E-state index in [0.717, 1.165) is 37.1 Å². The normalized spacial score (nSPS) is 15.1. The number of aromatic nitrogens is 2. The van der Waals surface area contributed by atoms with Crippen molar-refractivity contribution < 1.29 is 9.90 Å². The predicted molar refractivity (Wildman–Crippen MR) is 49.3 cm³/mol. The lowest BCUT2D eigenvalue weighted by Crippen LogP contribution is -2.23. The summed E-state index contributed by atoms with van der Waals surface area (Å²) in [6.45, 7) is -0.231. The molecule has 76 valence electrons. The summed E-state index contributed by atoms with van der Waals surface area (Å²) in [4.78, 5) is 24.6. The highest BCUT2D eigenvalue weighted by molar-refractivity contribution is 5.66. The first-order chi connectivity index (χ1) is 6.68. The minimum absolute atomic E-state index is 0.231. The van der Waals surface area contributed by atoms with Gasteiger partial charge >= 0.3 is 11.7 Å². The molecule has 1 aromatic rings. The summed E-state index contributed by atoms with van der Waals surface area (Å²) in [5.41, 5.74) is 1.51. The molecule has 0 aromatic carbocycles. The Kier molecular flexibility index (Phi) is 2.15. The van der Waals surface area contributed by atoms with E-state index < -0.39 is 5.97 Å². The molecule has 1 aliphatic rings. The quantitative estimate of drug-likeness (QED) is 0.706. The van der Waals surface area contributed by atoms with Gasteiger partial charge in [0.2, 0.25) is 0 Å². The van der Waals surface area contributed by atoms with Gasteiger partial charge in [0.15, 0.2) is 0 Å². The largest absolute Gasteiger partial charge is 0.480 e. The van der Waals surface area contributed by atoms with Gasteiger partial charge in [-0.05, 0) is 25.7 Å². The molecule has 1 heterocycles. The molecule has 0 atom stereocenters. The molecule has 2 rings (SSSR count). The van der Waals surface area contributed by atoms with E-state index in [9.17, 15) is 9.59 Å². The number of hydrogen-bond donors (Lipinski definition) is 2. The summed E-state index contributed by atoms with van der Waals surface area (Å²) >= 11 is 0. The average Bonchev–Trinajstić information content (AvgIpc) is 2.43. The fraction of sp³-hybridized carbons (Fsp3) is 0.556. The maximum absolute atomic E-state index is 11.4. The first kappa shape index (κ1) is 9.05. The van der Waals surface area contributed by atoms with Crippen molar-refractivity contribution in [3.8, 4) is 0 Å². The Morgan fingerprint density at radius 3 is 2.86 bits per heavy atom. The van der Waals surface area contributed by atoms with Crippen LogP contribution in [0.4, 0.5) is 0 Å². The number of rotatable bonds is 2. The third-order valence-corrected chi connectivity index (χ3v) is 2.56. The Hall–Kier alpha value is -1.52. The summed E-state index contributed by atoms with van der Waals surface area (Å²) in [7, 11) is 0. The van der Waals surface area contributed by atoms with E-state index in [4.69, 9.17) is 5.11 Å². The molecule has 0 saturated carbocycles. The molecule has 0 aliphatic heterocycles. The second-order valence-corrected chi connectivity index (χ2v) is 3.54. The highest BCUT2D eigenvalue weighted by Gasteiger charge is 2.18. The number of aromatic amines is 1. The molecular formula is C9H12N2O3. The predicted octanol–water partition coefficient (Wildman–Crippen LogP) is 0.140. The average molecular weight is 196 g/mol. The van der Waals surface area contributed by atoms with Gasteiger partial charge in [0.1, 0.15) is 6.54 Å². The van der Waals surface area contributed by atoms with Gasteiger partial charge in [-0.1, -0.05) is 0 Å². The molecule has 5 nitrogen and oxygen atoms in total. The highest BCUT2D eigenvalue weighted by atomic mass is 16.4. The molecule has 0 radical (unpaired) electrons. The van der Waals surface area contributed by atoms with E-state index in [1.165, 1.54) is 4.57 Å². The van der Waals surface area contributed by atoms with Crippen molar-refractivity contribution in [2.75, 3.05) is 0 Å². The minimum Gasteiger partial charge on any atom is -0.480 e. The standard InChI is InChI=1S/C9H12N2O3/c12-8(13)5-11-7-4-2-1-3-6(7)10-9(11)14/h1-5H2,(H,10,14)(H,12,13).